The smallest absolute Gasteiger partial charge is 0.167 e. The monoisotopic (exact) mass is 352 g/mol. The highest BCUT2D eigenvalue weighted by Crippen LogP contribution is 2.26. The molecule has 2 nitrogen and oxygen atoms in total. The van der Waals surface area contributed by atoms with Gasteiger partial charge in [0.1, 0.15) is 5.75 Å². The molecule has 0 bridgehead atoms. The molecule has 0 aromatic heterocycles. The van der Waals surface area contributed by atoms with Crippen LogP contribution in [0.4, 0.5) is 0 Å². The number of ether oxygens (including phenoxy) is 1. The van der Waals surface area contributed by atoms with Crippen molar-refractivity contribution in [3.05, 3.63) is 62.6 Å². The van der Waals surface area contributed by atoms with Crippen LogP contribution in [0.15, 0.2) is 40.9 Å². The Morgan fingerprint density at radius 3 is 2.60 bits per heavy atom. The molecular formula is C16H14BrClO2. The molecule has 20 heavy (non-hydrogen) atoms. The van der Waals surface area contributed by atoms with Gasteiger partial charge in [0.15, 0.2) is 5.78 Å². The summed E-state index contributed by atoms with van der Waals surface area (Å²) in [5, 5.41) is 0.645. The summed E-state index contributed by atoms with van der Waals surface area (Å²) >= 11 is 9.33. The van der Waals surface area contributed by atoms with Crippen molar-refractivity contribution in [3.8, 4) is 5.75 Å². The van der Waals surface area contributed by atoms with Crippen LogP contribution in [0.3, 0.4) is 0 Å². The van der Waals surface area contributed by atoms with Crippen molar-refractivity contribution in [1.29, 1.82) is 0 Å². The molecule has 0 unspecified atom stereocenters. The van der Waals surface area contributed by atoms with Crippen LogP contribution in [0.5, 0.6) is 5.75 Å². The lowest BCUT2D eigenvalue weighted by Crippen LogP contribution is -2.05. The Kier molecular flexibility index (Phi) is 4.84. The lowest BCUT2D eigenvalue weighted by Gasteiger charge is -2.08. The van der Waals surface area contributed by atoms with Gasteiger partial charge in [-0.25, -0.2) is 0 Å². The first kappa shape index (κ1) is 15.1. The number of carbonyl (C=O) groups is 1. The second-order valence-corrected chi connectivity index (χ2v) is 5.82. The van der Waals surface area contributed by atoms with Crippen LogP contribution in [0.2, 0.25) is 5.02 Å². The highest BCUT2D eigenvalue weighted by Gasteiger charge is 2.11. The van der Waals surface area contributed by atoms with Crippen LogP contribution in [0, 0.1) is 6.92 Å². The van der Waals surface area contributed by atoms with Gasteiger partial charge in [-0.1, -0.05) is 17.7 Å². The van der Waals surface area contributed by atoms with E-state index in [4.69, 9.17) is 16.3 Å². The van der Waals surface area contributed by atoms with Gasteiger partial charge in [0, 0.05) is 17.0 Å². The van der Waals surface area contributed by atoms with E-state index in [1.807, 2.05) is 25.1 Å². The molecule has 0 aliphatic heterocycles. The Hall–Kier alpha value is -1.32. The lowest BCUT2D eigenvalue weighted by atomic mass is 9.99. The molecule has 104 valence electrons. The van der Waals surface area contributed by atoms with Crippen LogP contribution >= 0.6 is 27.5 Å². The van der Waals surface area contributed by atoms with E-state index in [9.17, 15) is 4.79 Å². The summed E-state index contributed by atoms with van der Waals surface area (Å²) in [7, 11) is 1.61. The minimum absolute atomic E-state index is 0.0798. The van der Waals surface area contributed by atoms with E-state index < -0.39 is 0 Å². The first-order valence-electron chi connectivity index (χ1n) is 6.13. The van der Waals surface area contributed by atoms with E-state index >= 15 is 0 Å². The molecule has 4 heteroatoms. The SMILES string of the molecule is COc1ccc(CC(=O)c2ccc(Cl)cc2C)cc1Br. The predicted octanol–water partition coefficient (Wildman–Crippen LogP) is 4.84. The second-order valence-electron chi connectivity index (χ2n) is 4.53. The molecule has 2 aromatic rings. The molecule has 0 N–H and O–H groups in total. The van der Waals surface area contributed by atoms with Crippen molar-refractivity contribution in [1.82, 2.24) is 0 Å². The molecule has 0 atom stereocenters. The number of methoxy groups -OCH3 is 1. The summed E-state index contributed by atoms with van der Waals surface area (Å²) < 4.78 is 6.02. The van der Waals surface area contributed by atoms with Gasteiger partial charge in [0.2, 0.25) is 0 Å². The quantitative estimate of drug-likeness (QED) is 0.735. The number of aryl methyl sites for hydroxylation is 1. The van der Waals surface area contributed by atoms with Crippen LogP contribution < -0.4 is 4.74 Å². The van der Waals surface area contributed by atoms with E-state index in [0.717, 1.165) is 21.3 Å². The Balaban J connectivity index is 2.21. The van der Waals surface area contributed by atoms with Crippen LogP contribution in [0.1, 0.15) is 21.5 Å². The van der Waals surface area contributed by atoms with E-state index in [2.05, 4.69) is 15.9 Å². The molecule has 0 saturated heterocycles. The normalized spacial score (nSPS) is 10.4. The first-order valence-corrected chi connectivity index (χ1v) is 7.30. The molecule has 0 aliphatic rings. The Morgan fingerprint density at radius 1 is 1.25 bits per heavy atom. The third-order valence-corrected chi connectivity index (χ3v) is 3.92. The Bertz CT molecular complexity index is 653. The van der Waals surface area contributed by atoms with Gasteiger partial charge in [-0.15, -0.1) is 0 Å². The number of hydrogen-bond acceptors (Lipinski definition) is 2. The number of ketones is 1. The van der Waals surface area contributed by atoms with Crippen molar-refractivity contribution in [2.45, 2.75) is 13.3 Å². The number of rotatable bonds is 4. The zero-order valence-electron chi connectivity index (χ0n) is 11.2. The van der Waals surface area contributed by atoms with Crippen molar-refractivity contribution < 1.29 is 9.53 Å². The number of halogens is 2. The van der Waals surface area contributed by atoms with Crippen molar-refractivity contribution in [2.24, 2.45) is 0 Å². The Labute approximate surface area is 131 Å². The average Bonchev–Trinajstić information content (AvgIpc) is 2.38. The van der Waals surface area contributed by atoms with Gasteiger partial charge in [0.05, 0.1) is 11.6 Å². The summed E-state index contributed by atoms with van der Waals surface area (Å²) in [5.74, 6) is 0.833. The molecule has 0 fully saturated rings. The highest BCUT2D eigenvalue weighted by atomic mass is 79.9. The van der Waals surface area contributed by atoms with E-state index in [0.29, 0.717) is 17.0 Å². The summed E-state index contributed by atoms with van der Waals surface area (Å²) in [6.45, 7) is 1.89. The van der Waals surface area contributed by atoms with Gasteiger partial charge in [0.25, 0.3) is 0 Å². The fraction of sp³-hybridized carbons (Fsp3) is 0.188. The van der Waals surface area contributed by atoms with Crippen molar-refractivity contribution in [2.75, 3.05) is 7.11 Å². The predicted molar refractivity (Wildman–Crippen MR) is 84.9 cm³/mol. The number of Topliss-reactive ketones (excluding diaryl/α,β-unsaturated/α-hetero) is 1. The summed E-state index contributed by atoms with van der Waals surface area (Å²) in [4.78, 5) is 12.3. The third kappa shape index (κ3) is 3.41. The minimum atomic E-state index is 0.0798. The maximum absolute atomic E-state index is 12.3. The van der Waals surface area contributed by atoms with Crippen molar-refractivity contribution in [3.63, 3.8) is 0 Å². The molecule has 0 heterocycles. The van der Waals surface area contributed by atoms with Crippen LogP contribution in [-0.2, 0) is 6.42 Å². The molecule has 0 amide bonds. The fourth-order valence-corrected chi connectivity index (χ4v) is 2.86. The molecule has 0 radical (unpaired) electrons. The molecule has 2 rings (SSSR count). The topological polar surface area (TPSA) is 26.3 Å². The third-order valence-electron chi connectivity index (χ3n) is 3.07. The minimum Gasteiger partial charge on any atom is -0.496 e. The van der Waals surface area contributed by atoms with E-state index in [-0.39, 0.29) is 5.78 Å². The average molecular weight is 354 g/mol. The summed E-state index contributed by atoms with van der Waals surface area (Å²) in [6.07, 6.45) is 0.352. The van der Waals surface area contributed by atoms with Gasteiger partial charge in [-0.05, 0) is 64.3 Å². The van der Waals surface area contributed by atoms with Crippen LogP contribution in [-0.4, -0.2) is 12.9 Å². The maximum Gasteiger partial charge on any atom is 0.167 e. The largest absolute Gasteiger partial charge is 0.496 e. The highest BCUT2D eigenvalue weighted by molar-refractivity contribution is 9.10. The van der Waals surface area contributed by atoms with Crippen molar-refractivity contribution >= 4 is 33.3 Å². The number of hydrogen-bond donors (Lipinski definition) is 0. The van der Waals surface area contributed by atoms with Crippen LogP contribution in [0.25, 0.3) is 0 Å². The summed E-state index contributed by atoms with van der Waals surface area (Å²) in [5.41, 5.74) is 2.55. The lowest BCUT2D eigenvalue weighted by molar-refractivity contribution is 0.0992. The Morgan fingerprint density at radius 2 is 2.00 bits per heavy atom. The summed E-state index contributed by atoms with van der Waals surface area (Å²) in [6, 6.07) is 11.0. The second kappa shape index (κ2) is 6.42. The zero-order valence-corrected chi connectivity index (χ0v) is 13.6. The fourth-order valence-electron chi connectivity index (χ4n) is 2.04. The molecule has 0 saturated carbocycles. The molecule has 2 aromatic carbocycles. The number of carbonyl (C=O) groups excluding carboxylic acids is 1. The van der Waals surface area contributed by atoms with Gasteiger partial charge in [-0.3, -0.25) is 4.79 Å². The van der Waals surface area contributed by atoms with Gasteiger partial charge >= 0.3 is 0 Å². The molecular weight excluding hydrogens is 340 g/mol. The van der Waals surface area contributed by atoms with E-state index in [1.165, 1.54) is 0 Å². The first-order chi connectivity index (χ1) is 9.51. The number of benzene rings is 2. The van der Waals surface area contributed by atoms with Gasteiger partial charge in [-0.2, -0.15) is 0 Å². The molecule has 0 aliphatic carbocycles. The maximum atomic E-state index is 12.3. The standard InChI is InChI=1S/C16H14BrClO2/c1-10-7-12(18)4-5-13(10)15(19)9-11-3-6-16(20-2)14(17)8-11/h3-8H,9H2,1-2H3. The van der Waals surface area contributed by atoms with Gasteiger partial charge < -0.3 is 4.74 Å². The zero-order chi connectivity index (χ0) is 14.7. The molecule has 0 spiro atoms. The van der Waals surface area contributed by atoms with E-state index in [1.54, 1.807) is 25.3 Å².